The van der Waals surface area contributed by atoms with Crippen LogP contribution in [-0.4, -0.2) is 25.7 Å². The molecule has 1 amide bonds. The zero-order valence-electron chi connectivity index (χ0n) is 18.3. The number of amides is 1. The summed E-state index contributed by atoms with van der Waals surface area (Å²) < 4.78 is 29.6. The van der Waals surface area contributed by atoms with Crippen LogP contribution in [-0.2, 0) is 11.3 Å². The highest BCUT2D eigenvalue weighted by Gasteiger charge is 2.17. The Bertz CT molecular complexity index is 1210. The molecule has 0 fully saturated rings. The van der Waals surface area contributed by atoms with E-state index in [1.54, 1.807) is 24.7 Å². The van der Waals surface area contributed by atoms with Gasteiger partial charge in [0.1, 0.15) is 29.6 Å². The van der Waals surface area contributed by atoms with Gasteiger partial charge in [0.05, 0.1) is 17.5 Å². The number of carbonyl (C=O) groups is 1. The summed E-state index contributed by atoms with van der Waals surface area (Å²) in [6.45, 7) is 3.66. The van der Waals surface area contributed by atoms with Crippen molar-refractivity contribution >= 4 is 11.6 Å². The lowest BCUT2D eigenvalue weighted by molar-refractivity contribution is -0.118. The van der Waals surface area contributed by atoms with Gasteiger partial charge in [0.15, 0.2) is 0 Å². The molecule has 0 spiro atoms. The van der Waals surface area contributed by atoms with E-state index in [1.807, 2.05) is 13.8 Å². The number of halogens is 2. The largest absolute Gasteiger partial charge is 0.401 e. The standard InChI is InChI=1S/C23H25F2N7O/c1-3-14(9-17(26)22-15(24)5-4-6-16(22)25)23(28)13(2)19-10-29-11-20(30-19)18-7-8-32(31-18)12-21(27)33/h4-11,13H,3,12,26,28H2,1-2H3,(H2,27,33)/b17-9-,23-14-. The molecule has 1 aromatic carbocycles. The molecule has 0 aliphatic heterocycles. The smallest absolute Gasteiger partial charge is 0.239 e. The molecule has 1 unspecified atom stereocenters. The quantitative estimate of drug-likeness (QED) is 0.448. The molecule has 1 atom stereocenters. The van der Waals surface area contributed by atoms with Gasteiger partial charge in [-0.1, -0.05) is 19.9 Å². The van der Waals surface area contributed by atoms with E-state index in [1.165, 1.54) is 16.8 Å². The van der Waals surface area contributed by atoms with Gasteiger partial charge in [-0.3, -0.25) is 14.5 Å². The summed E-state index contributed by atoms with van der Waals surface area (Å²) in [7, 11) is 0. The predicted octanol–water partition coefficient (Wildman–Crippen LogP) is 2.83. The first kappa shape index (κ1) is 23.6. The number of nitrogens with two attached hydrogens (primary N) is 3. The molecule has 2 aromatic heterocycles. The fraction of sp³-hybridized carbons (Fsp3) is 0.217. The maximum atomic E-state index is 14.1. The van der Waals surface area contributed by atoms with E-state index in [0.29, 0.717) is 34.8 Å². The highest BCUT2D eigenvalue weighted by molar-refractivity contribution is 5.73. The van der Waals surface area contributed by atoms with Gasteiger partial charge in [0, 0.05) is 29.7 Å². The van der Waals surface area contributed by atoms with Crippen molar-refractivity contribution in [2.75, 3.05) is 0 Å². The average Bonchev–Trinajstić information content (AvgIpc) is 3.24. The summed E-state index contributed by atoms with van der Waals surface area (Å²) in [5.74, 6) is -2.37. The summed E-state index contributed by atoms with van der Waals surface area (Å²) in [5, 5.41) is 4.28. The second-order valence-corrected chi connectivity index (χ2v) is 7.45. The lowest BCUT2D eigenvalue weighted by Crippen LogP contribution is -2.18. The van der Waals surface area contributed by atoms with E-state index < -0.39 is 17.5 Å². The van der Waals surface area contributed by atoms with Gasteiger partial charge in [-0.25, -0.2) is 13.8 Å². The van der Waals surface area contributed by atoms with Crippen LogP contribution in [0.5, 0.6) is 0 Å². The average molecular weight is 453 g/mol. The number of nitrogens with zero attached hydrogens (tertiary/aromatic N) is 4. The van der Waals surface area contributed by atoms with Crippen LogP contribution in [0.25, 0.3) is 17.1 Å². The molecule has 33 heavy (non-hydrogen) atoms. The Balaban J connectivity index is 1.93. The minimum Gasteiger partial charge on any atom is -0.401 e. The van der Waals surface area contributed by atoms with E-state index in [0.717, 1.165) is 12.1 Å². The lowest BCUT2D eigenvalue weighted by Gasteiger charge is -2.16. The Morgan fingerprint density at radius 2 is 1.82 bits per heavy atom. The molecule has 0 saturated carbocycles. The molecular formula is C23H25F2N7O. The molecule has 2 heterocycles. The summed E-state index contributed by atoms with van der Waals surface area (Å²) in [6.07, 6.45) is 6.72. The topological polar surface area (TPSA) is 139 Å². The van der Waals surface area contributed by atoms with Crippen molar-refractivity contribution in [2.45, 2.75) is 32.7 Å². The Morgan fingerprint density at radius 3 is 2.45 bits per heavy atom. The summed E-state index contributed by atoms with van der Waals surface area (Å²) in [4.78, 5) is 19.9. The molecular weight excluding hydrogens is 428 g/mol. The molecule has 8 nitrogen and oxygen atoms in total. The fourth-order valence-electron chi connectivity index (χ4n) is 3.32. The van der Waals surface area contributed by atoms with Crippen LogP contribution < -0.4 is 17.2 Å². The summed E-state index contributed by atoms with van der Waals surface area (Å²) >= 11 is 0. The number of hydrogen-bond donors (Lipinski definition) is 3. The molecule has 3 aromatic rings. The summed E-state index contributed by atoms with van der Waals surface area (Å²) in [5.41, 5.74) is 19.9. The SMILES string of the molecule is CCC(/C=C(\N)c1c(F)cccc1F)=C(/N)C(C)c1cncc(-c2ccn(CC(N)=O)n2)n1. The third kappa shape index (κ3) is 5.40. The van der Waals surface area contributed by atoms with Crippen molar-refractivity contribution in [3.8, 4) is 11.4 Å². The zero-order chi connectivity index (χ0) is 24.1. The van der Waals surface area contributed by atoms with Crippen LogP contribution in [0.2, 0.25) is 0 Å². The van der Waals surface area contributed by atoms with Crippen molar-refractivity contribution in [1.29, 1.82) is 0 Å². The van der Waals surface area contributed by atoms with Crippen LogP contribution in [0.3, 0.4) is 0 Å². The molecule has 0 bridgehead atoms. The van der Waals surface area contributed by atoms with Crippen molar-refractivity contribution in [3.63, 3.8) is 0 Å². The third-order valence-corrected chi connectivity index (χ3v) is 5.12. The predicted molar refractivity (Wildman–Crippen MR) is 121 cm³/mol. The van der Waals surface area contributed by atoms with Crippen LogP contribution in [0.1, 0.15) is 37.4 Å². The van der Waals surface area contributed by atoms with Gasteiger partial charge >= 0.3 is 0 Å². The van der Waals surface area contributed by atoms with Crippen LogP contribution >= 0.6 is 0 Å². The Kier molecular flexibility index (Phi) is 7.17. The third-order valence-electron chi connectivity index (χ3n) is 5.12. The molecule has 10 heteroatoms. The Hall–Kier alpha value is -4.08. The van der Waals surface area contributed by atoms with Crippen molar-refractivity contribution < 1.29 is 13.6 Å². The molecule has 6 N–H and O–H groups in total. The number of allylic oxidation sites excluding steroid dienone is 3. The van der Waals surface area contributed by atoms with Crippen molar-refractivity contribution in [3.05, 3.63) is 83.1 Å². The van der Waals surface area contributed by atoms with Gasteiger partial charge in [0.25, 0.3) is 0 Å². The molecule has 3 rings (SSSR count). The molecule has 0 radical (unpaired) electrons. The zero-order valence-corrected chi connectivity index (χ0v) is 18.3. The van der Waals surface area contributed by atoms with E-state index in [9.17, 15) is 13.6 Å². The number of rotatable bonds is 8. The van der Waals surface area contributed by atoms with E-state index in [2.05, 4.69) is 15.1 Å². The van der Waals surface area contributed by atoms with Gasteiger partial charge in [0.2, 0.25) is 5.91 Å². The number of aromatic nitrogens is 4. The monoisotopic (exact) mass is 453 g/mol. The normalized spacial score (nSPS) is 13.5. The first-order valence-corrected chi connectivity index (χ1v) is 10.2. The maximum Gasteiger partial charge on any atom is 0.239 e. The van der Waals surface area contributed by atoms with Gasteiger partial charge < -0.3 is 17.2 Å². The van der Waals surface area contributed by atoms with Crippen molar-refractivity contribution in [2.24, 2.45) is 17.2 Å². The first-order valence-electron chi connectivity index (χ1n) is 10.2. The highest BCUT2D eigenvalue weighted by Crippen LogP contribution is 2.27. The summed E-state index contributed by atoms with van der Waals surface area (Å²) in [6, 6.07) is 5.26. The number of carbonyl (C=O) groups excluding carboxylic acids is 1. The lowest BCUT2D eigenvalue weighted by atomic mass is 9.96. The van der Waals surface area contributed by atoms with Crippen LogP contribution in [0.4, 0.5) is 8.78 Å². The first-order chi connectivity index (χ1) is 15.7. The Labute approximate surface area is 189 Å². The van der Waals surface area contributed by atoms with E-state index in [4.69, 9.17) is 17.2 Å². The number of hydrogen-bond acceptors (Lipinski definition) is 6. The number of primary amides is 1. The molecule has 0 aliphatic carbocycles. The fourth-order valence-corrected chi connectivity index (χ4v) is 3.32. The van der Waals surface area contributed by atoms with Crippen LogP contribution in [0.15, 0.2) is 60.2 Å². The second-order valence-electron chi connectivity index (χ2n) is 7.45. The number of benzene rings is 1. The van der Waals surface area contributed by atoms with E-state index in [-0.39, 0.29) is 23.7 Å². The van der Waals surface area contributed by atoms with Gasteiger partial charge in [-0.2, -0.15) is 5.10 Å². The minimum absolute atomic E-state index is 0.0462. The van der Waals surface area contributed by atoms with E-state index >= 15 is 0 Å². The van der Waals surface area contributed by atoms with Gasteiger partial charge in [-0.15, -0.1) is 0 Å². The second kappa shape index (κ2) is 10.0. The highest BCUT2D eigenvalue weighted by atomic mass is 19.1. The molecule has 0 aliphatic rings. The molecule has 172 valence electrons. The molecule has 0 saturated heterocycles. The Morgan fingerprint density at radius 1 is 1.12 bits per heavy atom. The van der Waals surface area contributed by atoms with Crippen molar-refractivity contribution in [1.82, 2.24) is 19.7 Å². The maximum absolute atomic E-state index is 14.1. The van der Waals surface area contributed by atoms with Crippen LogP contribution in [0, 0.1) is 11.6 Å². The minimum atomic E-state index is -0.750. The van der Waals surface area contributed by atoms with Gasteiger partial charge in [-0.05, 0) is 36.3 Å².